The van der Waals surface area contributed by atoms with Gasteiger partial charge in [0.25, 0.3) is 0 Å². The van der Waals surface area contributed by atoms with E-state index in [2.05, 4.69) is 57.9 Å². The van der Waals surface area contributed by atoms with E-state index in [9.17, 15) is 8.78 Å². The minimum absolute atomic E-state index is 0.0978. The molecule has 0 bridgehead atoms. The number of hydrogen-bond donors (Lipinski definition) is 4. The zero-order chi connectivity index (χ0) is 38.8. The summed E-state index contributed by atoms with van der Waals surface area (Å²) in [5.41, 5.74) is 24.5. The van der Waals surface area contributed by atoms with Crippen molar-refractivity contribution in [2.24, 2.45) is 0 Å². The van der Waals surface area contributed by atoms with Crippen LogP contribution < -0.4 is 31.2 Å². The Morgan fingerprint density at radius 2 is 0.839 bits per heavy atom. The molecule has 8 nitrogen and oxygen atoms in total. The third-order valence-corrected chi connectivity index (χ3v) is 10.5. The first-order valence-corrected chi connectivity index (χ1v) is 19.3. The van der Waals surface area contributed by atoms with Gasteiger partial charge in [0.05, 0.1) is 11.4 Å². The standard InChI is InChI=1S/C46H44F2N8/c1-29-21-39-45(55(31-15-9-7-10-16-31)43-25-35(49)33(47)23-41(43)53-39)27-37(29)51-19-13-5-3-4-6-14-20-52-38-28-46-40(22-30(38)2)54-42-24-34(48)36(50)26-44(42)56(46)32-17-11-8-12-18-32/h7-12,15-18,21-28H,3-6,13-14,19-20H2,1-2H3,(H4,49,50,51,52)/p+2. The zero-order valence-electron chi connectivity index (χ0n) is 31.7. The predicted molar refractivity (Wildman–Crippen MR) is 224 cm³/mol. The first kappa shape index (κ1) is 36.6. The Balaban J connectivity index is 0.868. The lowest BCUT2D eigenvalue weighted by atomic mass is 10.1. The number of anilines is 4. The van der Waals surface area contributed by atoms with Gasteiger partial charge < -0.3 is 22.1 Å². The van der Waals surface area contributed by atoms with Gasteiger partial charge in [-0.1, -0.05) is 62.1 Å². The maximum Gasteiger partial charge on any atom is 0.239 e. The van der Waals surface area contributed by atoms with Gasteiger partial charge in [-0.25, -0.2) is 18.7 Å². The number of unbranched alkanes of at least 4 members (excludes halogenated alkanes) is 5. The van der Waals surface area contributed by atoms with Crippen molar-refractivity contribution in [3.63, 3.8) is 0 Å². The normalized spacial score (nSPS) is 11.6. The average molecular weight is 749 g/mol. The van der Waals surface area contributed by atoms with Gasteiger partial charge in [0.1, 0.15) is 33.7 Å². The number of benzene rings is 6. The van der Waals surface area contributed by atoms with Crippen LogP contribution in [-0.2, 0) is 0 Å². The van der Waals surface area contributed by atoms with Crippen molar-refractivity contribution in [3.8, 4) is 11.4 Å². The van der Waals surface area contributed by atoms with Gasteiger partial charge in [0.2, 0.25) is 33.4 Å². The first-order valence-electron chi connectivity index (χ1n) is 19.3. The molecule has 0 radical (unpaired) electrons. The maximum atomic E-state index is 14.5. The summed E-state index contributed by atoms with van der Waals surface area (Å²) in [7, 11) is 0. The molecule has 10 heteroatoms. The number of nitrogens with zero attached hydrogens (tertiary/aromatic N) is 4. The Labute approximate surface area is 324 Å². The quantitative estimate of drug-likeness (QED) is 0.0405. The maximum absolute atomic E-state index is 14.5. The molecule has 6 aromatic carbocycles. The van der Waals surface area contributed by atoms with E-state index in [1.54, 1.807) is 12.1 Å². The lowest BCUT2D eigenvalue weighted by molar-refractivity contribution is -0.538. The van der Waals surface area contributed by atoms with Crippen LogP contribution in [0.3, 0.4) is 0 Å². The van der Waals surface area contributed by atoms with Crippen molar-refractivity contribution in [1.82, 2.24) is 9.97 Å². The summed E-state index contributed by atoms with van der Waals surface area (Å²) < 4.78 is 33.1. The van der Waals surface area contributed by atoms with Crippen LogP contribution in [0.2, 0.25) is 0 Å². The molecule has 0 spiro atoms. The minimum Gasteiger partial charge on any atom is -0.396 e. The van der Waals surface area contributed by atoms with E-state index in [1.165, 1.54) is 25.0 Å². The summed E-state index contributed by atoms with van der Waals surface area (Å²) in [6, 6.07) is 34.6. The van der Waals surface area contributed by atoms with E-state index in [4.69, 9.17) is 21.4 Å². The summed E-state index contributed by atoms with van der Waals surface area (Å²) in [5, 5.41) is 7.33. The molecule has 0 aliphatic carbocycles. The molecule has 2 aromatic heterocycles. The van der Waals surface area contributed by atoms with E-state index in [0.29, 0.717) is 11.0 Å². The fourth-order valence-electron chi connectivity index (χ4n) is 7.59. The molecule has 8 rings (SSSR count). The van der Waals surface area contributed by atoms with Crippen LogP contribution in [0.25, 0.3) is 55.5 Å². The smallest absolute Gasteiger partial charge is 0.239 e. The Morgan fingerprint density at radius 3 is 1.25 bits per heavy atom. The lowest BCUT2D eigenvalue weighted by Crippen LogP contribution is -2.33. The Morgan fingerprint density at radius 1 is 0.482 bits per heavy atom. The van der Waals surface area contributed by atoms with E-state index in [-0.39, 0.29) is 11.4 Å². The molecule has 0 saturated carbocycles. The number of fused-ring (bicyclic) bond motifs is 4. The van der Waals surface area contributed by atoms with Gasteiger partial charge in [0, 0.05) is 85.1 Å². The Kier molecular flexibility index (Phi) is 10.3. The molecule has 56 heavy (non-hydrogen) atoms. The fraction of sp³-hybridized carbons (Fsp3) is 0.217. The molecule has 8 aromatic rings. The van der Waals surface area contributed by atoms with Crippen LogP contribution >= 0.6 is 0 Å². The van der Waals surface area contributed by atoms with Crippen LogP contribution in [0.15, 0.2) is 109 Å². The Bertz CT molecular complexity index is 2530. The summed E-state index contributed by atoms with van der Waals surface area (Å²) in [5.74, 6) is -0.937. The highest BCUT2D eigenvalue weighted by Gasteiger charge is 2.24. The second kappa shape index (κ2) is 15.7. The van der Waals surface area contributed by atoms with Crippen LogP contribution in [0.4, 0.5) is 31.5 Å². The number of halogens is 2. The monoisotopic (exact) mass is 748 g/mol. The largest absolute Gasteiger partial charge is 0.396 e. The van der Waals surface area contributed by atoms with Gasteiger partial charge in [-0.15, -0.1) is 9.13 Å². The van der Waals surface area contributed by atoms with Crippen molar-refractivity contribution >= 4 is 66.9 Å². The van der Waals surface area contributed by atoms with Gasteiger partial charge >= 0.3 is 0 Å². The highest BCUT2D eigenvalue weighted by molar-refractivity contribution is 5.88. The van der Waals surface area contributed by atoms with Gasteiger partial charge in [-0.3, -0.25) is 0 Å². The molecule has 0 saturated heterocycles. The predicted octanol–water partition coefficient (Wildman–Crippen LogP) is 9.57. The molecule has 0 amide bonds. The van der Waals surface area contributed by atoms with E-state index in [0.717, 1.165) is 106 Å². The summed E-state index contributed by atoms with van der Waals surface area (Å²) in [4.78, 5) is 9.63. The number of aromatic nitrogens is 4. The highest BCUT2D eigenvalue weighted by Crippen LogP contribution is 2.28. The molecule has 0 unspecified atom stereocenters. The minimum atomic E-state index is -0.469. The third kappa shape index (κ3) is 7.34. The average Bonchev–Trinajstić information content (AvgIpc) is 3.19. The topological polar surface area (TPSA) is 110 Å². The highest BCUT2D eigenvalue weighted by atomic mass is 19.1. The van der Waals surface area contributed by atoms with E-state index >= 15 is 0 Å². The summed E-state index contributed by atoms with van der Waals surface area (Å²) in [6.07, 6.45) is 6.78. The molecule has 2 heterocycles. The molecule has 282 valence electrons. The van der Waals surface area contributed by atoms with Crippen molar-refractivity contribution in [2.75, 3.05) is 35.2 Å². The van der Waals surface area contributed by atoms with Gasteiger partial charge in [-0.2, -0.15) is 0 Å². The number of hydrogen-bond acceptors (Lipinski definition) is 6. The van der Waals surface area contributed by atoms with E-state index < -0.39 is 11.6 Å². The molecular weight excluding hydrogens is 703 g/mol. The zero-order valence-corrected chi connectivity index (χ0v) is 31.7. The molecular formula is C46H46F2N8+2. The summed E-state index contributed by atoms with van der Waals surface area (Å²) >= 11 is 0. The molecule has 6 N–H and O–H groups in total. The molecule has 0 aliphatic rings. The lowest BCUT2D eigenvalue weighted by Gasteiger charge is -2.12. The van der Waals surface area contributed by atoms with Crippen LogP contribution in [0.5, 0.6) is 0 Å². The van der Waals surface area contributed by atoms with Crippen LogP contribution in [0.1, 0.15) is 49.7 Å². The number of para-hydroxylation sites is 2. The molecule has 0 atom stereocenters. The second-order valence-electron chi connectivity index (χ2n) is 14.6. The third-order valence-electron chi connectivity index (χ3n) is 10.5. The number of rotatable bonds is 13. The van der Waals surface area contributed by atoms with Crippen molar-refractivity contribution < 1.29 is 17.9 Å². The number of nitrogens with one attached hydrogen (secondary N) is 2. The fourth-order valence-corrected chi connectivity index (χ4v) is 7.59. The first-order chi connectivity index (χ1) is 27.2. The van der Waals surface area contributed by atoms with Crippen molar-refractivity contribution in [1.29, 1.82) is 0 Å². The van der Waals surface area contributed by atoms with E-state index in [1.807, 2.05) is 60.7 Å². The van der Waals surface area contributed by atoms with Crippen molar-refractivity contribution in [3.05, 3.63) is 132 Å². The molecule has 0 aliphatic heterocycles. The van der Waals surface area contributed by atoms with Crippen LogP contribution in [-0.4, -0.2) is 23.1 Å². The number of nitrogen functional groups attached to an aromatic ring is 2. The second-order valence-corrected chi connectivity index (χ2v) is 14.6. The molecule has 0 fully saturated rings. The van der Waals surface area contributed by atoms with Gasteiger partial charge in [-0.05, 0) is 49.9 Å². The SMILES string of the molecule is Cc1cc2nc3cc(F)c(N)cc3[n+](-c3ccccc3)c2cc1NCCCCCCCCNc1cc2c(cc1C)nc1cc(F)c(N)cc1[n+]2-c1ccccc1. The number of aryl methyl sites for hydroxylation is 2. The van der Waals surface area contributed by atoms with Crippen LogP contribution in [0, 0.1) is 25.5 Å². The Hall–Kier alpha value is -6.42. The van der Waals surface area contributed by atoms with Gasteiger partial charge in [0.15, 0.2) is 0 Å². The van der Waals surface area contributed by atoms with Crippen molar-refractivity contribution in [2.45, 2.75) is 52.4 Å². The number of nitrogens with two attached hydrogens (primary N) is 2. The summed E-state index contributed by atoms with van der Waals surface area (Å²) in [6.45, 7) is 5.90.